The van der Waals surface area contributed by atoms with Crippen molar-refractivity contribution in [2.75, 3.05) is 13.2 Å². The normalized spacial score (nSPS) is 24.5. The highest BCUT2D eigenvalue weighted by atomic mass is 19.1. The first-order chi connectivity index (χ1) is 10.2. The summed E-state index contributed by atoms with van der Waals surface area (Å²) in [4.78, 5) is 17.2. The van der Waals surface area contributed by atoms with Gasteiger partial charge in [-0.15, -0.1) is 0 Å². The number of amides is 1. The van der Waals surface area contributed by atoms with Crippen LogP contribution in [0.25, 0.3) is 0 Å². The molecule has 1 aromatic rings. The number of nitrogens with zero attached hydrogens (tertiary/aromatic N) is 1. The molecule has 1 saturated heterocycles. The Balaban J connectivity index is 1.50. The molecule has 3 rings (SSSR count). The summed E-state index contributed by atoms with van der Waals surface area (Å²) in [5, 5.41) is 6.75. The second kappa shape index (κ2) is 6.22. The van der Waals surface area contributed by atoms with Gasteiger partial charge >= 0.3 is 0 Å². The highest BCUT2D eigenvalue weighted by Crippen LogP contribution is 2.17. The number of hydrogen-bond donors (Lipinski definition) is 1. The van der Waals surface area contributed by atoms with E-state index in [0.717, 1.165) is 25.0 Å². The summed E-state index contributed by atoms with van der Waals surface area (Å²) in [5.74, 6) is -0.490. The van der Waals surface area contributed by atoms with Crippen molar-refractivity contribution in [1.82, 2.24) is 5.32 Å². The average molecular weight is 292 g/mol. The van der Waals surface area contributed by atoms with Crippen LogP contribution in [0.4, 0.5) is 4.39 Å². The van der Waals surface area contributed by atoms with Crippen molar-refractivity contribution >= 4 is 11.6 Å². The topological polar surface area (TPSA) is 59.9 Å². The summed E-state index contributed by atoms with van der Waals surface area (Å²) < 4.78 is 18.3. The number of oxime groups is 1. The molecule has 0 radical (unpaired) electrons. The Bertz CT molecular complexity index is 538. The molecular formula is C15H17FN2O3. The number of ether oxygens (including phenoxy) is 1. The molecule has 1 N–H and O–H groups in total. The van der Waals surface area contributed by atoms with Crippen LogP contribution in [-0.4, -0.2) is 37.0 Å². The molecule has 1 amide bonds. The average Bonchev–Trinajstić information content (AvgIpc) is 3.17. The molecule has 21 heavy (non-hydrogen) atoms. The first-order valence-electron chi connectivity index (χ1n) is 7.10. The van der Waals surface area contributed by atoms with Gasteiger partial charge in [0.25, 0.3) is 5.91 Å². The van der Waals surface area contributed by atoms with Crippen LogP contribution in [0.3, 0.4) is 0 Å². The maximum Gasteiger partial charge on any atom is 0.264 e. The van der Waals surface area contributed by atoms with Crippen LogP contribution >= 0.6 is 0 Å². The molecule has 2 atom stereocenters. The molecule has 5 nitrogen and oxygen atoms in total. The molecule has 112 valence electrons. The minimum atomic E-state index is -0.619. The fourth-order valence-corrected chi connectivity index (χ4v) is 2.46. The Labute approximate surface area is 122 Å². The highest BCUT2D eigenvalue weighted by Gasteiger charge is 2.29. The lowest BCUT2D eigenvalue weighted by atomic mass is 10.0. The number of carbonyl (C=O) groups excluding carboxylic acids is 1. The summed E-state index contributed by atoms with van der Waals surface area (Å²) in [7, 11) is 0. The minimum Gasteiger partial charge on any atom is -0.382 e. The van der Waals surface area contributed by atoms with E-state index in [1.807, 2.05) is 0 Å². The molecule has 2 aliphatic heterocycles. The Morgan fingerprint density at radius 2 is 2.19 bits per heavy atom. The van der Waals surface area contributed by atoms with Gasteiger partial charge in [0.1, 0.15) is 5.82 Å². The summed E-state index contributed by atoms with van der Waals surface area (Å²) in [6.45, 7) is 1.27. The predicted octanol–water partition coefficient (Wildman–Crippen LogP) is 1.61. The molecule has 1 aromatic carbocycles. The summed E-state index contributed by atoms with van der Waals surface area (Å²) in [5.41, 5.74) is 1.43. The van der Waals surface area contributed by atoms with E-state index < -0.39 is 6.10 Å². The van der Waals surface area contributed by atoms with Crippen molar-refractivity contribution in [2.45, 2.75) is 31.5 Å². The van der Waals surface area contributed by atoms with Crippen LogP contribution in [0.5, 0.6) is 0 Å². The Morgan fingerprint density at radius 3 is 2.90 bits per heavy atom. The lowest BCUT2D eigenvalue weighted by molar-refractivity contribution is -0.131. The number of rotatable bonds is 4. The predicted molar refractivity (Wildman–Crippen MR) is 74.4 cm³/mol. The molecule has 0 bridgehead atoms. The van der Waals surface area contributed by atoms with E-state index in [1.54, 1.807) is 12.1 Å². The Hall–Kier alpha value is -1.95. The molecule has 0 spiro atoms. The smallest absolute Gasteiger partial charge is 0.264 e. The van der Waals surface area contributed by atoms with Gasteiger partial charge in [-0.1, -0.05) is 17.3 Å². The van der Waals surface area contributed by atoms with E-state index in [-0.39, 0.29) is 17.8 Å². The SMILES string of the molecule is O=C(NCC1CCCO1)C1CC(c2ccc(F)cc2)=NO1. The molecule has 0 aliphatic carbocycles. The third-order valence-corrected chi connectivity index (χ3v) is 3.67. The fraction of sp³-hybridized carbons (Fsp3) is 0.467. The third-order valence-electron chi connectivity index (χ3n) is 3.67. The zero-order valence-electron chi connectivity index (χ0n) is 11.5. The first kappa shape index (κ1) is 14.0. The standard InChI is InChI=1S/C15H17FN2O3/c16-11-5-3-10(4-6-11)13-8-14(21-18-13)15(19)17-9-12-2-1-7-20-12/h3-6,12,14H,1-2,7-9H2,(H,17,19). The van der Waals surface area contributed by atoms with Crippen LogP contribution in [0.2, 0.25) is 0 Å². The van der Waals surface area contributed by atoms with E-state index >= 15 is 0 Å². The van der Waals surface area contributed by atoms with Gasteiger partial charge in [0, 0.05) is 19.6 Å². The van der Waals surface area contributed by atoms with E-state index in [0.29, 0.717) is 18.7 Å². The monoisotopic (exact) mass is 292 g/mol. The van der Waals surface area contributed by atoms with Gasteiger partial charge in [-0.2, -0.15) is 0 Å². The number of carbonyl (C=O) groups is 1. The number of hydrogen-bond acceptors (Lipinski definition) is 4. The van der Waals surface area contributed by atoms with Crippen molar-refractivity contribution in [3.63, 3.8) is 0 Å². The number of nitrogens with one attached hydrogen (secondary N) is 1. The van der Waals surface area contributed by atoms with Gasteiger partial charge in [-0.05, 0) is 30.5 Å². The summed E-state index contributed by atoms with van der Waals surface area (Å²) >= 11 is 0. The van der Waals surface area contributed by atoms with Crippen molar-refractivity contribution in [3.8, 4) is 0 Å². The molecule has 0 saturated carbocycles. The largest absolute Gasteiger partial charge is 0.382 e. The van der Waals surface area contributed by atoms with Gasteiger partial charge in [-0.25, -0.2) is 4.39 Å². The molecule has 1 fully saturated rings. The lowest BCUT2D eigenvalue weighted by Crippen LogP contribution is -2.39. The van der Waals surface area contributed by atoms with Gasteiger partial charge in [0.2, 0.25) is 6.10 Å². The minimum absolute atomic E-state index is 0.104. The zero-order valence-corrected chi connectivity index (χ0v) is 11.5. The van der Waals surface area contributed by atoms with E-state index in [9.17, 15) is 9.18 Å². The van der Waals surface area contributed by atoms with Crippen LogP contribution in [0.1, 0.15) is 24.8 Å². The van der Waals surface area contributed by atoms with E-state index in [2.05, 4.69) is 10.5 Å². The second-order valence-electron chi connectivity index (χ2n) is 5.22. The summed E-state index contributed by atoms with van der Waals surface area (Å²) in [6.07, 6.45) is 1.89. The van der Waals surface area contributed by atoms with E-state index in [4.69, 9.17) is 9.57 Å². The quantitative estimate of drug-likeness (QED) is 0.917. The molecular weight excluding hydrogens is 275 g/mol. The molecule has 2 unspecified atom stereocenters. The number of benzene rings is 1. The Morgan fingerprint density at radius 1 is 1.38 bits per heavy atom. The molecule has 0 aromatic heterocycles. The maximum atomic E-state index is 12.9. The highest BCUT2D eigenvalue weighted by molar-refractivity contribution is 6.04. The van der Waals surface area contributed by atoms with Crippen LogP contribution in [0, 0.1) is 5.82 Å². The molecule has 6 heteroatoms. The fourth-order valence-electron chi connectivity index (χ4n) is 2.46. The number of halogens is 1. The van der Waals surface area contributed by atoms with Gasteiger partial charge < -0.3 is 14.9 Å². The van der Waals surface area contributed by atoms with Crippen molar-refractivity contribution in [1.29, 1.82) is 0 Å². The Kier molecular flexibility index (Phi) is 4.15. The molecule has 2 aliphatic rings. The lowest BCUT2D eigenvalue weighted by Gasteiger charge is -2.13. The van der Waals surface area contributed by atoms with Crippen molar-refractivity contribution < 1.29 is 18.8 Å². The third kappa shape index (κ3) is 3.39. The van der Waals surface area contributed by atoms with Crippen LogP contribution in [0.15, 0.2) is 29.4 Å². The maximum absolute atomic E-state index is 12.9. The molecule has 2 heterocycles. The van der Waals surface area contributed by atoms with Crippen LogP contribution < -0.4 is 5.32 Å². The first-order valence-corrected chi connectivity index (χ1v) is 7.10. The van der Waals surface area contributed by atoms with Crippen LogP contribution in [-0.2, 0) is 14.4 Å². The van der Waals surface area contributed by atoms with Gasteiger partial charge in [-0.3, -0.25) is 4.79 Å². The van der Waals surface area contributed by atoms with Crippen molar-refractivity contribution in [2.24, 2.45) is 5.16 Å². The van der Waals surface area contributed by atoms with Gasteiger partial charge in [0.05, 0.1) is 11.8 Å². The zero-order chi connectivity index (χ0) is 14.7. The van der Waals surface area contributed by atoms with Crippen molar-refractivity contribution in [3.05, 3.63) is 35.6 Å². The second-order valence-corrected chi connectivity index (χ2v) is 5.22. The van der Waals surface area contributed by atoms with E-state index in [1.165, 1.54) is 12.1 Å². The summed E-state index contributed by atoms with van der Waals surface area (Å²) in [6, 6.07) is 5.99. The van der Waals surface area contributed by atoms with Gasteiger partial charge in [0.15, 0.2) is 0 Å².